The molecule has 0 saturated heterocycles. The highest BCUT2D eigenvalue weighted by atomic mass is 79.9. The number of rotatable bonds is 4. The summed E-state index contributed by atoms with van der Waals surface area (Å²) in [4.78, 5) is 0. The Kier molecular flexibility index (Phi) is 4.55. The Labute approximate surface area is 110 Å². The van der Waals surface area contributed by atoms with Crippen molar-refractivity contribution in [2.24, 2.45) is 5.92 Å². The first-order valence-electron chi connectivity index (χ1n) is 5.17. The summed E-state index contributed by atoms with van der Waals surface area (Å²) in [7, 11) is -3.38. The van der Waals surface area contributed by atoms with Crippen LogP contribution in [0.25, 0.3) is 0 Å². The maximum atomic E-state index is 13.2. The van der Waals surface area contributed by atoms with Crippen molar-refractivity contribution in [3.63, 3.8) is 0 Å². The predicted molar refractivity (Wildman–Crippen MR) is 71.1 cm³/mol. The molecule has 0 bridgehead atoms. The summed E-state index contributed by atoms with van der Waals surface area (Å²) in [5.74, 6) is -0.326. The third kappa shape index (κ3) is 4.27. The van der Waals surface area contributed by atoms with Crippen molar-refractivity contribution in [2.45, 2.75) is 20.8 Å². The number of halogens is 2. The average molecular weight is 324 g/mol. The second-order valence-electron chi connectivity index (χ2n) is 4.36. The molecule has 0 radical (unpaired) electrons. The summed E-state index contributed by atoms with van der Waals surface area (Å²) in [5, 5.41) is 0. The Morgan fingerprint density at radius 1 is 1.41 bits per heavy atom. The van der Waals surface area contributed by atoms with E-state index in [2.05, 4.69) is 20.7 Å². The number of sulfonamides is 1. The number of nitrogens with one attached hydrogen (secondary N) is 1. The molecule has 1 rings (SSSR count). The third-order valence-electron chi connectivity index (χ3n) is 2.09. The largest absolute Gasteiger partial charge is 0.283 e. The van der Waals surface area contributed by atoms with Crippen LogP contribution in [0.2, 0.25) is 0 Å². The monoisotopic (exact) mass is 323 g/mol. The minimum atomic E-state index is -3.38. The van der Waals surface area contributed by atoms with Crippen molar-refractivity contribution in [3.8, 4) is 0 Å². The van der Waals surface area contributed by atoms with Gasteiger partial charge >= 0.3 is 0 Å². The van der Waals surface area contributed by atoms with Crippen LogP contribution in [0.1, 0.15) is 19.4 Å². The topological polar surface area (TPSA) is 46.2 Å². The zero-order chi connectivity index (χ0) is 13.2. The van der Waals surface area contributed by atoms with Crippen LogP contribution >= 0.6 is 15.9 Å². The van der Waals surface area contributed by atoms with Gasteiger partial charge in [-0.3, -0.25) is 4.72 Å². The number of aryl methyl sites for hydroxylation is 1. The average Bonchev–Trinajstić information content (AvgIpc) is 2.11. The van der Waals surface area contributed by atoms with Gasteiger partial charge in [0, 0.05) is 0 Å². The Morgan fingerprint density at radius 3 is 2.53 bits per heavy atom. The van der Waals surface area contributed by atoms with Crippen LogP contribution in [0.3, 0.4) is 0 Å². The first kappa shape index (κ1) is 14.4. The molecule has 3 nitrogen and oxygen atoms in total. The molecule has 1 aromatic rings. The van der Waals surface area contributed by atoms with Gasteiger partial charge in [-0.25, -0.2) is 12.8 Å². The van der Waals surface area contributed by atoms with Gasteiger partial charge in [-0.05, 0) is 46.5 Å². The van der Waals surface area contributed by atoms with Crippen molar-refractivity contribution < 1.29 is 12.8 Å². The number of benzene rings is 1. The molecule has 6 heteroatoms. The molecule has 17 heavy (non-hydrogen) atoms. The van der Waals surface area contributed by atoms with Gasteiger partial charge in [-0.1, -0.05) is 13.8 Å². The molecular weight excluding hydrogens is 309 g/mol. The minimum absolute atomic E-state index is 0.0386. The SMILES string of the molecule is Cc1cc(F)c(Br)cc1NS(=O)(=O)CC(C)C. The molecular formula is C11H15BrFNO2S. The van der Waals surface area contributed by atoms with Crippen molar-refractivity contribution in [1.82, 2.24) is 0 Å². The number of hydrogen-bond donors (Lipinski definition) is 1. The van der Waals surface area contributed by atoms with Crippen LogP contribution in [-0.2, 0) is 10.0 Å². The highest BCUT2D eigenvalue weighted by Gasteiger charge is 2.15. The van der Waals surface area contributed by atoms with Gasteiger partial charge in [-0.2, -0.15) is 0 Å². The fourth-order valence-corrected chi connectivity index (χ4v) is 3.26. The fourth-order valence-electron chi connectivity index (χ4n) is 1.40. The van der Waals surface area contributed by atoms with E-state index in [0.29, 0.717) is 11.3 Å². The van der Waals surface area contributed by atoms with Crippen molar-refractivity contribution in [3.05, 3.63) is 28.0 Å². The molecule has 1 aromatic carbocycles. The molecule has 0 amide bonds. The second-order valence-corrected chi connectivity index (χ2v) is 6.98. The quantitative estimate of drug-likeness (QED) is 0.924. The van der Waals surface area contributed by atoms with Crippen molar-refractivity contribution in [1.29, 1.82) is 0 Å². The van der Waals surface area contributed by atoms with E-state index in [0.717, 1.165) is 0 Å². The molecule has 0 saturated carbocycles. The normalized spacial score (nSPS) is 11.9. The smallest absolute Gasteiger partial charge is 0.232 e. The fraction of sp³-hybridized carbons (Fsp3) is 0.455. The summed E-state index contributed by atoms with van der Waals surface area (Å²) in [6, 6.07) is 2.72. The number of hydrogen-bond acceptors (Lipinski definition) is 2. The molecule has 0 fully saturated rings. The van der Waals surface area contributed by atoms with Gasteiger partial charge in [0.15, 0.2) is 0 Å². The molecule has 0 aliphatic heterocycles. The van der Waals surface area contributed by atoms with Crippen molar-refractivity contribution >= 4 is 31.6 Å². The van der Waals surface area contributed by atoms with E-state index in [1.54, 1.807) is 6.92 Å². The lowest BCUT2D eigenvalue weighted by atomic mass is 10.2. The molecule has 0 aliphatic carbocycles. The first-order chi connectivity index (χ1) is 7.71. The summed E-state index contributed by atoms with van der Waals surface area (Å²) >= 11 is 3.03. The van der Waals surface area contributed by atoms with Gasteiger partial charge in [0.2, 0.25) is 10.0 Å². The third-order valence-corrected chi connectivity index (χ3v) is 4.33. The van der Waals surface area contributed by atoms with E-state index < -0.39 is 15.8 Å². The van der Waals surface area contributed by atoms with E-state index in [-0.39, 0.29) is 16.1 Å². The van der Waals surface area contributed by atoms with Crippen LogP contribution in [0, 0.1) is 18.7 Å². The molecule has 1 N–H and O–H groups in total. The summed E-state index contributed by atoms with van der Waals surface area (Å²) in [5.41, 5.74) is 0.956. The predicted octanol–water partition coefficient (Wildman–Crippen LogP) is 3.29. The highest BCUT2D eigenvalue weighted by molar-refractivity contribution is 9.10. The van der Waals surface area contributed by atoms with E-state index >= 15 is 0 Å². The Balaban J connectivity index is 3.00. The maximum Gasteiger partial charge on any atom is 0.232 e. The zero-order valence-electron chi connectivity index (χ0n) is 9.92. The molecule has 0 aromatic heterocycles. The highest BCUT2D eigenvalue weighted by Crippen LogP contribution is 2.25. The van der Waals surface area contributed by atoms with Gasteiger partial charge < -0.3 is 0 Å². The summed E-state index contributed by atoms with van der Waals surface area (Å²) in [6.07, 6.45) is 0. The van der Waals surface area contributed by atoms with Crippen LogP contribution in [-0.4, -0.2) is 14.2 Å². The molecule has 0 heterocycles. The standard InChI is InChI=1S/C11H15BrFNO2S/c1-7(2)6-17(15,16)14-11-5-9(12)10(13)4-8(11)3/h4-5,7,14H,6H2,1-3H3. The lowest BCUT2D eigenvalue weighted by molar-refractivity contribution is 0.587. The Morgan fingerprint density at radius 2 is 2.00 bits per heavy atom. The number of anilines is 1. The van der Waals surface area contributed by atoms with Crippen LogP contribution in [0.4, 0.5) is 10.1 Å². The van der Waals surface area contributed by atoms with Gasteiger partial charge in [0.1, 0.15) is 5.82 Å². The summed E-state index contributed by atoms with van der Waals surface area (Å²) < 4.78 is 39.4. The van der Waals surface area contributed by atoms with E-state index in [1.807, 2.05) is 13.8 Å². The summed E-state index contributed by atoms with van der Waals surface area (Å²) in [6.45, 7) is 5.31. The Hall–Kier alpha value is -0.620. The molecule has 0 aliphatic rings. The second kappa shape index (κ2) is 5.35. The van der Waals surface area contributed by atoms with E-state index in [4.69, 9.17) is 0 Å². The zero-order valence-corrected chi connectivity index (χ0v) is 12.3. The lowest BCUT2D eigenvalue weighted by Crippen LogP contribution is -2.20. The van der Waals surface area contributed by atoms with E-state index in [9.17, 15) is 12.8 Å². The molecule has 96 valence electrons. The van der Waals surface area contributed by atoms with Crippen molar-refractivity contribution in [2.75, 3.05) is 10.5 Å². The van der Waals surface area contributed by atoms with E-state index in [1.165, 1.54) is 12.1 Å². The lowest BCUT2D eigenvalue weighted by Gasteiger charge is -2.12. The van der Waals surface area contributed by atoms with Crippen LogP contribution in [0.15, 0.2) is 16.6 Å². The molecule has 0 atom stereocenters. The Bertz CT molecular complexity index is 514. The van der Waals surface area contributed by atoms with Gasteiger partial charge in [-0.15, -0.1) is 0 Å². The van der Waals surface area contributed by atoms with Crippen LogP contribution < -0.4 is 4.72 Å². The van der Waals surface area contributed by atoms with Gasteiger partial charge in [0.05, 0.1) is 15.9 Å². The molecule has 0 unspecified atom stereocenters. The van der Waals surface area contributed by atoms with Gasteiger partial charge in [0.25, 0.3) is 0 Å². The van der Waals surface area contributed by atoms with Crippen LogP contribution in [0.5, 0.6) is 0 Å². The first-order valence-corrected chi connectivity index (χ1v) is 7.62. The molecule has 0 spiro atoms. The maximum absolute atomic E-state index is 13.2. The minimum Gasteiger partial charge on any atom is -0.283 e.